The summed E-state index contributed by atoms with van der Waals surface area (Å²) in [5.74, 6) is 0.999. The summed E-state index contributed by atoms with van der Waals surface area (Å²) >= 11 is 1.39. The Bertz CT molecular complexity index is 893. The molecule has 1 aliphatic carbocycles. The molecule has 1 aromatic heterocycles. The Balaban J connectivity index is 2.13. The van der Waals surface area contributed by atoms with Gasteiger partial charge in [-0.25, -0.2) is 4.98 Å². The van der Waals surface area contributed by atoms with E-state index in [1.807, 2.05) is 35.8 Å². The summed E-state index contributed by atoms with van der Waals surface area (Å²) in [6, 6.07) is 7.63. The minimum atomic E-state index is -0.296. The molecule has 6 heteroatoms. The van der Waals surface area contributed by atoms with Gasteiger partial charge < -0.3 is 4.90 Å². The lowest BCUT2D eigenvalue weighted by Crippen LogP contribution is -2.36. The second kappa shape index (κ2) is 8.05. The first-order valence-corrected chi connectivity index (χ1v) is 10.6. The highest BCUT2D eigenvalue weighted by Crippen LogP contribution is 2.39. The topological polar surface area (TPSA) is 55.2 Å². The first-order chi connectivity index (χ1) is 12.8. The molecular formula is C21H29N3O2S. The van der Waals surface area contributed by atoms with Crippen molar-refractivity contribution in [3.05, 3.63) is 34.6 Å². The second-order valence-electron chi connectivity index (χ2n) is 7.91. The van der Waals surface area contributed by atoms with Crippen molar-refractivity contribution in [1.29, 1.82) is 0 Å². The fourth-order valence-electron chi connectivity index (χ4n) is 3.99. The van der Waals surface area contributed by atoms with Crippen molar-refractivity contribution in [1.82, 2.24) is 14.5 Å². The maximum atomic E-state index is 13.4. The molecule has 1 heterocycles. The molecule has 0 bridgehead atoms. The molecule has 1 aliphatic rings. The lowest BCUT2D eigenvalue weighted by molar-refractivity contribution is -0.127. The van der Waals surface area contributed by atoms with E-state index in [1.165, 1.54) is 18.2 Å². The van der Waals surface area contributed by atoms with E-state index >= 15 is 0 Å². The summed E-state index contributed by atoms with van der Waals surface area (Å²) in [6.45, 7) is 6.38. The van der Waals surface area contributed by atoms with E-state index in [0.29, 0.717) is 27.9 Å². The quantitative estimate of drug-likeness (QED) is 0.588. The number of thioether (sulfide) groups is 1. The van der Waals surface area contributed by atoms with Gasteiger partial charge in [-0.15, -0.1) is 0 Å². The number of carbonyl (C=O) groups excluding carboxylic acids is 1. The number of hydrogen-bond donors (Lipinski definition) is 0. The minimum absolute atomic E-state index is 0.0125. The largest absolute Gasteiger partial charge is 0.348 e. The summed E-state index contributed by atoms with van der Waals surface area (Å²) in [7, 11) is 3.51. The van der Waals surface area contributed by atoms with Crippen LogP contribution in [0.15, 0.2) is 34.2 Å². The van der Waals surface area contributed by atoms with E-state index in [2.05, 4.69) is 13.8 Å². The SMILES string of the molecule is C[C@@H]1[C@H](C)CCC[C@H]1n1c(S[C@@H](C)C(=O)N(C)C)nc2ccccc2c1=O. The fraction of sp³-hybridized carbons (Fsp3) is 0.571. The average molecular weight is 388 g/mol. The van der Waals surface area contributed by atoms with Crippen molar-refractivity contribution >= 4 is 28.6 Å². The Morgan fingerprint density at radius 1 is 1.26 bits per heavy atom. The summed E-state index contributed by atoms with van der Waals surface area (Å²) in [5, 5.41) is 1.02. The number of hydrogen-bond acceptors (Lipinski definition) is 4. The Labute approximate surface area is 165 Å². The molecule has 1 saturated carbocycles. The molecule has 3 rings (SSSR count). The van der Waals surface area contributed by atoms with E-state index < -0.39 is 0 Å². The minimum Gasteiger partial charge on any atom is -0.348 e. The van der Waals surface area contributed by atoms with Crippen LogP contribution in [0.25, 0.3) is 10.9 Å². The number of aromatic nitrogens is 2. The van der Waals surface area contributed by atoms with Crippen LogP contribution in [0.4, 0.5) is 0 Å². The number of para-hydroxylation sites is 1. The Kier molecular flexibility index (Phi) is 5.94. The predicted molar refractivity (Wildman–Crippen MR) is 111 cm³/mol. The third-order valence-electron chi connectivity index (χ3n) is 5.84. The van der Waals surface area contributed by atoms with Crippen LogP contribution >= 0.6 is 11.8 Å². The second-order valence-corrected chi connectivity index (χ2v) is 9.22. The Hall–Kier alpha value is -1.82. The molecule has 0 spiro atoms. The van der Waals surface area contributed by atoms with Gasteiger partial charge in [-0.3, -0.25) is 14.2 Å². The molecule has 1 aromatic carbocycles. The first kappa shape index (κ1) is 19.9. The van der Waals surface area contributed by atoms with Gasteiger partial charge in [0.15, 0.2) is 5.16 Å². The Morgan fingerprint density at radius 2 is 1.96 bits per heavy atom. The van der Waals surface area contributed by atoms with Crippen LogP contribution < -0.4 is 5.56 Å². The van der Waals surface area contributed by atoms with Crippen molar-refractivity contribution in [2.45, 2.75) is 56.5 Å². The Morgan fingerprint density at radius 3 is 2.67 bits per heavy atom. The normalized spacial score (nSPS) is 24.0. The van der Waals surface area contributed by atoms with Crippen molar-refractivity contribution in [2.75, 3.05) is 14.1 Å². The van der Waals surface area contributed by atoms with Gasteiger partial charge in [-0.05, 0) is 37.3 Å². The third kappa shape index (κ3) is 3.91. The molecule has 146 valence electrons. The standard InChI is InChI=1S/C21H29N3O2S/c1-13-9-8-12-18(14(13)2)24-20(26)16-10-6-7-11-17(16)22-21(24)27-15(3)19(25)23(4)5/h6-7,10-11,13-15,18H,8-9,12H2,1-5H3/t13-,14-,15+,18-/m1/s1. The van der Waals surface area contributed by atoms with Gasteiger partial charge in [0.1, 0.15) is 0 Å². The predicted octanol–water partition coefficient (Wildman–Crippen LogP) is 3.96. The van der Waals surface area contributed by atoms with Gasteiger partial charge in [-0.2, -0.15) is 0 Å². The zero-order valence-electron chi connectivity index (χ0n) is 16.8. The maximum Gasteiger partial charge on any atom is 0.262 e. The van der Waals surface area contributed by atoms with E-state index in [1.54, 1.807) is 19.0 Å². The summed E-state index contributed by atoms with van der Waals surface area (Å²) < 4.78 is 1.88. The molecule has 4 atom stereocenters. The van der Waals surface area contributed by atoms with Crippen LogP contribution in [-0.2, 0) is 4.79 Å². The number of amides is 1. The van der Waals surface area contributed by atoms with E-state index in [0.717, 1.165) is 12.8 Å². The number of rotatable bonds is 4. The van der Waals surface area contributed by atoms with Crippen LogP contribution in [-0.4, -0.2) is 39.7 Å². The fourth-order valence-corrected chi connectivity index (χ4v) is 5.10. The lowest BCUT2D eigenvalue weighted by Gasteiger charge is -2.36. The highest BCUT2D eigenvalue weighted by atomic mass is 32.2. The number of fused-ring (bicyclic) bond motifs is 1. The van der Waals surface area contributed by atoms with Crippen LogP contribution in [0.1, 0.15) is 46.1 Å². The molecule has 0 radical (unpaired) electrons. The zero-order chi connectivity index (χ0) is 19.7. The summed E-state index contributed by atoms with van der Waals surface area (Å²) in [5.41, 5.74) is 0.709. The monoisotopic (exact) mass is 387 g/mol. The van der Waals surface area contributed by atoms with Crippen molar-refractivity contribution < 1.29 is 4.79 Å². The molecule has 0 aliphatic heterocycles. The van der Waals surface area contributed by atoms with Gasteiger partial charge in [0.05, 0.1) is 16.2 Å². The summed E-state index contributed by atoms with van der Waals surface area (Å²) in [4.78, 5) is 32.2. The number of nitrogens with zero attached hydrogens (tertiary/aromatic N) is 3. The van der Waals surface area contributed by atoms with Gasteiger partial charge in [0, 0.05) is 20.1 Å². The van der Waals surface area contributed by atoms with E-state index in [4.69, 9.17) is 4.98 Å². The van der Waals surface area contributed by atoms with Crippen LogP contribution in [0, 0.1) is 11.8 Å². The van der Waals surface area contributed by atoms with Crippen molar-refractivity contribution in [2.24, 2.45) is 11.8 Å². The van der Waals surface area contributed by atoms with Gasteiger partial charge >= 0.3 is 0 Å². The van der Waals surface area contributed by atoms with E-state index in [-0.39, 0.29) is 22.8 Å². The molecule has 5 nitrogen and oxygen atoms in total. The van der Waals surface area contributed by atoms with Gasteiger partial charge in [0.2, 0.25) is 5.91 Å². The number of benzene rings is 1. The van der Waals surface area contributed by atoms with Crippen molar-refractivity contribution in [3.8, 4) is 0 Å². The number of carbonyl (C=O) groups is 1. The molecule has 27 heavy (non-hydrogen) atoms. The van der Waals surface area contributed by atoms with E-state index in [9.17, 15) is 9.59 Å². The van der Waals surface area contributed by atoms with Gasteiger partial charge in [0.25, 0.3) is 5.56 Å². The van der Waals surface area contributed by atoms with Crippen LogP contribution in [0.5, 0.6) is 0 Å². The molecule has 1 amide bonds. The lowest BCUT2D eigenvalue weighted by atomic mass is 9.78. The van der Waals surface area contributed by atoms with Crippen LogP contribution in [0.2, 0.25) is 0 Å². The molecule has 2 aromatic rings. The van der Waals surface area contributed by atoms with Gasteiger partial charge in [-0.1, -0.05) is 50.6 Å². The molecule has 0 saturated heterocycles. The molecule has 0 unspecified atom stereocenters. The maximum absolute atomic E-state index is 13.4. The molecular weight excluding hydrogens is 358 g/mol. The first-order valence-electron chi connectivity index (χ1n) is 9.70. The van der Waals surface area contributed by atoms with Crippen LogP contribution in [0.3, 0.4) is 0 Å². The highest BCUT2D eigenvalue weighted by molar-refractivity contribution is 8.00. The average Bonchev–Trinajstić information content (AvgIpc) is 2.64. The molecule has 0 N–H and O–H groups in total. The smallest absolute Gasteiger partial charge is 0.262 e. The zero-order valence-corrected chi connectivity index (χ0v) is 17.6. The third-order valence-corrected chi connectivity index (χ3v) is 6.90. The highest BCUT2D eigenvalue weighted by Gasteiger charge is 2.32. The molecule has 1 fully saturated rings. The van der Waals surface area contributed by atoms with Crippen molar-refractivity contribution in [3.63, 3.8) is 0 Å². The summed E-state index contributed by atoms with van der Waals surface area (Å²) in [6.07, 6.45) is 3.30.